The highest BCUT2D eigenvalue weighted by atomic mass is 16.5. The van der Waals surface area contributed by atoms with Gasteiger partial charge in [0.05, 0.1) is 6.61 Å². The van der Waals surface area contributed by atoms with Crippen LogP contribution in [-0.4, -0.2) is 10.1 Å². The van der Waals surface area contributed by atoms with Crippen LogP contribution in [0, 0.1) is 0 Å². The van der Waals surface area contributed by atoms with E-state index in [1.54, 1.807) is 6.07 Å². The Balaban J connectivity index is 1.78. The van der Waals surface area contributed by atoms with Crippen LogP contribution in [0.15, 0.2) is 52.9 Å². The Morgan fingerprint density at radius 3 is 2.74 bits per heavy atom. The van der Waals surface area contributed by atoms with E-state index >= 15 is 0 Å². The Morgan fingerprint density at radius 2 is 1.95 bits per heavy atom. The van der Waals surface area contributed by atoms with Gasteiger partial charge >= 0.3 is 0 Å². The molecule has 0 fully saturated rings. The van der Waals surface area contributed by atoms with Gasteiger partial charge in [-0.2, -0.15) is 0 Å². The molecule has 1 heterocycles. The van der Waals surface area contributed by atoms with E-state index < -0.39 is 0 Å². The first-order valence-corrected chi connectivity index (χ1v) is 6.02. The molecule has 0 atom stereocenters. The monoisotopic (exact) mass is 255 g/mol. The molecule has 0 aliphatic carbocycles. The summed E-state index contributed by atoms with van der Waals surface area (Å²) in [6.45, 7) is 0.284. The second-order valence-electron chi connectivity index (χ2n) is 4.17. The lowest BCUT2D eigenvalue weighted by atomic mass is 10.2. The zero-order chi connectivity index (χ0) is 13.1. The number of hydrogen-bond acceptors (Lipinski definition) is 4. The Kier molecular flexibility index (Phi) is 3.16. The zero-order valence-electron chi connectivity index (χ0n) is 10.2. The van der Waals surface area contributed by atoms with Gasteiger partial charge in [0.2, 0.25) is 5.89 Å². The largest absolute Gasteiger partial charge is 0.484 e. The molecule has 0 amide bonds. The van der Waals surface area contributed by atoms with Crippen molar-refractivity contribution in [1.29, 1.82) is 0 Å². The number of nitrogens with zero attached hydrogens (tertiary/aromatic N) is 1. The minimum absolute atomic E-state index is 0.00134. The molecule has 3 aromatic rings. The van der Waals surface area contributed by atoms with Crippen molar-refractivity contribution in [2.24, 2.45) is 0 Å². The second kappa shape index (κ2) is 5.12. The van der Waals surface area contributed by atoms with Crippen LogP contribution in [0.2, 0.25) is 0 Å². The summed E-state index contributed by atoms with van der Waals surface area (Å²) in [5, 5.41) is 9.07. The quantitative estimate of drug-likeness (QED) is 0.778. The van der Waals surface area contributed by atoms with Crippen LogP contribution in [0.1, 0.15) is 11.5 Å². The van der Waals surface area contributed by atoms with Crippen LogP contribution in [-0.2, 0) is 13.2 Å². The molecule has 19 heavy (non-hydrogen) atoms. The van der Waals surface area contributed by atoms with Crippen molar-refractivity contribution in [3.8, 4) is 5.75 Å². The molecule has 3 rings (SSSR count). The fourth-order valence-corrected chi connectivity index (χ4v) is 1.84. The topological polar surface area (TPSA) is 55.5 Å². The highest BCUT2D eigenvalue weighted by Gasteiger charge is 2.07. The van der Waals surface area contributed by atoms with Gasteiger partial charge in [-0.15, -0.1) is 0 Å². The lowest BCUT2D eigenvalue weighted by Crippen LogP contribution is -1.94. The summed E-state index contributed by atoms with van der Waals surface area (Å²) in [6.07, 6.45) is 0. The molecule has 4 nitrogen and oxygen atoms in total. The van der Waals surface area contributed by atoms with Crippen LogP contribution >= 0.6 is 0 Å². The molecule has 0 aliphatic heterocycles. The molecule has 1 N–H and O–H groups in total. The molecular formula is C15H13NO3. The molecule has 1 aromatic heterocycles. The van der Waals surface area contributed by atoms with Crippen LogP contribution in [0.5, 0.6) is 5.75 Å². The third-order valence-corrected chi connectivity index (χ3v) is 2.78. The number of fused-ring (bicyclic) bond motifs is 1. The van der Waals surface area contributed by atoms with Gasteiger partial charge in [-0.1, -0.05) is 24.3 Å². The van der Waals surface area contributed by atoms with E-state index in [-0.39, 0.29) is 13.2 Å². The van der Waals surface area contributed by atoms with E-state index in [1.165, 1.54) is 0 Å². The number of aliphatic hydroxyl groups is 1. The number of hydrogen-bond donors (Lipinski definition) is 1. The van der Waals surface area contributed by atoms with E-state index in [2.05, 4.69) is 4.98 Å². The number of oxazole rings is 1. The van der Waals surface area contributed by atoms with Crippen molar-refractivity contribution in [2.75, 3.05) is 0 Å². The number of para-hydroxylation sites is 1. The molecule has 0 saturated heterocycles. The van der Waals surface area contributed by atoms with E-state index in [9.17, 15) is 0 Å². The number of rotatable bonds is 4. The first-order valence-electron chi connectivity index (χ1n) is 6.02. The van der Waals surface area contributed by atoms with Crippen LogP contribution in [0.3, 0.4) is 0 Å². The van der Waals surface area contributed by atoms with Crippen molar-refractivity contribution in [1.82, 2.24) is 4.98 Å². The molecule has 0 aliphatic rings. The van der Waals surface area contributed by atoms with Crippen molar-refractivity contribution in [3.63, 3.8) is 0 Å². The van der Waals surface area contributed by atoms with Crippen LogP contribution in [0.25, 0.3) is 11.1 Å². The van der Waals surface area contributed by atoms with E-state index in [0.29, 0.717) is 11.5 Å². The molecule has 96 valence electrons. The highest BCUT2D eigenvalue weighted by Crippen LogP contribution is 2.19. The van der Waals surface area contributed by atoms with Crippen molar-refractivity contribution < 1.29 is 14.3 Å². The van der Waals surface area contributed by atoms with E-state index in [1.807, 2.05) is 42.5 Å². The third kappa shape index (κ3) is 2.58. The smallest absolute Gasteiger partial charge is 0.233 e. The molecule has 0 unspecified atom stereocenters. The highest BCUT2D eigenvalue weighted by molar-refractivity contribution is 5.73. The predicted octanol–water partition coefficient (Wildman–Crippen LogP) is 2.90. The summed E-state index contributed by atoms with van der Waals surface area (Å²) in [7, 11) is 0. The summed E-state index contributed by atoms with van der Waals surface area (Å²) < 4.78 is 11.1. The van der Waals surface area contributed by atoms with Gasteiger partial charge < -0.3 is 14.3 Å². The Hall–Kier alpha value is -2.33. The maximum absolute atomic E-state index is 9.07. The number of aromatic nitrogens is 1. The molecule has 0 bridgehead atoms. The van der Waals surface area contributed by atoms with Gasteiger partial charge in [0, 0.05) is 0 Å². The lowest BCUT2D eigenvalue weighted by molar-refractivity contribution is 0.267. The van der Waals surface area contributed by atoms with Gasteiger partial charge in [-0.25, -0.2) is 4.98 Å². The summed E-state index contributed by atoms with van der Waals surface area (Å²) in [6, 6.07) is 15.0. The van der Waals surface area contributed by atoms with Crippen LogP contribution in [0.4, 0.5) is 0 Å². The maximum atomic E-state index is 9.07. The number of ether oxygens (including phenoxy) is 1. The van der Waals surface area contributed by atoms with Gasteiger partial charge in [-0.05, 0) is 29.8 Å². The molecule has 2 aromatic carbocycles. The summed E-state index contributed by atoms with van der Waals surface area (Å²) in [5.41, 5.74) is 2.25. The average molecular weight is 255 g/mol. The zero-order valence-corrected chi connectivity index (χ0v) is 10.2. The van der Waals surface area contributed by atoms with Gasteiger partial charge in [-0.3, -0.25) is 0 Å². The van der Waals surface area contributed by atoms with E-state index in [4.69, 9.17) is 14.3 Å². The van der Waals surface area contributed by atoms with Gasteiger partial charge in [0.15, 0.2) is 12.2 Å². The molecule has 0 radical (unpaired) electrons. The Bertz CT molecular complexity index is 676. The molecule has 4 heteroatoms. The fourth-order valence-electron chi connectivity index (χ4n) is 1.84. The van der Waals surface area contributed by atoms with Crippen molar-refractivity contribution in [3.05, 3.63) is 60.0 Å². The fraction of sp³-hybridized carbons (Fsp3) is 0.133. The van der Waals surface area contributed by atoms with Crippen LogP contribution < -0.4 is 4.74 Å². The molecular weight excluding hydrogens is 242 g/mol. The minimum Gasteiger partial charge on any atom is -0.484 e. The Labute approximate surface area is 110 Å². The number of benzene rings is 2. The predicted molar refractivity (Wildman–Crippen MR) is 70.7 cm³/mol. The lowest BCUT2D eigenvalue weighted by Gasteiger charge is -2.01. The SMILES string of the molecule is OCc1ccc2oc(COc3ccccc3)nc2c1. The Morgan fingerprint density at radius 1 is 1.11 bits per heavy atom. The standard InChI is InChI=1S/C15H13NO3/c17-9-11-6-7-14-13(8-11)16-15(19-14)10-18-12-4-2-1-3-5-12/h1-8,17H,9-10H2. The van der Waals surface area contributed by atoms with Gasteiger partial charge in [0.1, 0.15) is 11.3 Å². The second-order valence-corrected chi connectivity index (χ2v) is 4.17. The summed E-state index contributed by atoms with van der Waals surface area (Å²) >= 11 is 0. The summed E-state index contributed by atoms with van der Waals surface area (Å²) in [5.74, 6) is 1.30. The molecule has 0 saturated carbocycles. The normalized spacial score (nSPS) is 10.8. The minimum atomic E-state index is -0.00134. The van der Waals surface area contributed by atoms with Crippen molar-refractivity contribution in [2.45, 2.75) is 13.2 Å². The summed E-state index contributed by atoms with van der Waals surface area (Å²) in [4.78, 5) is 4.33. The third-order valence-electron chi connectivity index (χ3n) is 2.78. The van der Waals surface area contributed by atoms with Gasteiger partial charge in [0.25, 0.3) is 0 Å². The number of aliphatic hydroxyl groups excluding tert-OH is 1. The first kappa shape index (κ1) is 11.7. The van der Waals surface area contributed by atoms with Crippen molar-refractivity contribution >= 4 is 11.1 Å². The first-order chi connectivity index (χ1) is 9.35. The van der Waals surface area contributed by atoms with E-state index in [0.717, 1.165) is 16.8 Å². The maximum Gasteiger partial charge on any atom is 0.233 e. The average Bonchev–Trinajstić information content (AvgIpc) is 2.88. The molecule has 0 spiro atoms.